The standard InChI is InChI=1S/C33H36N4O6/c1-36(2)22-35-31-34-18-19-37(31)30-28-29(38)32(43-30,20-41-28)21-42-33(23-8-6-5-7-9-23,24-10-14-26(39-3)15-11-24)25-12-16-27(40-4)17-13-25/h5-19,22,28-30,38H,20-21H2,1-4H3/b35-22-/t28-,29+,30-,32-/m1/s1. The number of methoxy groups -OCH3 is 2. The second kappa shape index (κ2) is 11.8. The van der Waals surface area contributed by atoms with Crippen LogP contribution >= 0.6 is 0 Å². The maximum absolute atomic E-state index is 11.6. The number of hydrogen-bond donors (Lipinski definition) is 1. The Kier molecular flexibility index (Phi) is 7.93. The largest absolute Gasteiger partial charge is 0.497 e. The number of imidazole rings is 1. The van der Waals surface area contributed by atoms with Crippen LogP contribution in [0.1, 0.15) is 22.9 Å². The zero-order valence-corrected chi connectivity index (χ0v) is 24.7. The lowest BCUT2D eigenvalue weighted by atomic mass is 9.79. The maximum Gasteiger partial charge on any atom is 0.233 e. The van der Waals surface area contributed by atoms with Crippen LogP contribution < -0.4 is 9.47 Å². The molecule has 6 rings (SSSR count). The minimum atomic E-state index is -1.12. The van der Waals surface area contributed by atoms with Crippen molar-refractivity contribution in [2.24, 2.45) is 4.99 Å². The molecule has 0 saturated carbocycles. The van der Waals surface area contributed by atoms with Crippen LogP contribution in [-0.2, 0) is 19.8 Å². The topological polar surface area (TPSA) is 99.8 Å². The number of benzene rings is 3. The first kappa shape index (κ1) is 28.9. The Balaban J connectivity index is 1.40. The zero-order chi connectivity index (χ0) is 30.0. The van der Waals surface area contributed by atoms with Crippen LogP contribution in [0.25, 0.3) is 0 Å². The predicted molar refractivity (Wildman–Crippen MR) is 161 cm³/mol. The molecule has 4 aromatic rings. The molecule has 43 heavy (non-hydrogen) atoms. The van der Waals surface area contributed by atoms with Gasteiger partial charge in [-0.05, 0) is 41.0 Å². The van der Waals surface area contributed by atoms with E-state index < -0.39 is 29.6 Å². The van der Waals surface area contributed by atoms with Crippen molar-refractivity contribution >= 4 is 12.3 Å². The Morgan fingerprint density at radius 3 is 2.16 bits per heavy atom. The first-order valence-electron chi connectivity index (χ1n) is 14.1. The number of aromatic nitrogens is 2. The number of hydrogen-bond acceptors (Lipinski definition) is 8. The van der Waals surface area contributed by atoms with E-state index in [9.17, 15) is 5.11 Å². The quantitative estimate of drug-likeness (QED) is 0.159. The van der Waals surface area contributed by atoms with Gasteiger partial charge in [-0.2, -0.15) is 0 Å². The lowest BCUT2D eigenvalue weighted by Crippen LogP contribution is -2.48. The van der Waals surface area contributed by atoms with Crippen LogP contribution in [0.3, 0.4) is 0 Å². The van der Waals surface area contributed by atoms with Crippen LogP contribution in [-0.4, -0.2) is 85.2 Å². The Hall–Kier alpha value is -4.22. The summed E-state index contributed by atoms with van der Waals surface area (Å²) < 4.78 is 32.5. The van der Waals surface area contributed by atoms with Crippen molar-refractivity contribution in [1.82, 2.24) is 14.5 Å². The molecule has 2 bridgehead atoms. The van der Waals surface area contributed by atoms with Crippen molar-refractivity contribution in [3.63, 3.8) is 0 Å². The second-order valence-electron chi connectivity index (χ2n) is 10.9. The summed E-state index contributed by atoms with van der Waals surface area (Å²) in [5.74, 6) is 1.92. The summed E-state index contributed by atoms with van der Waals surface area (Å²) in [4.78, 5) is 10.6. The van der Waals surface area contributed by atoms with E-state index in [1.165, 1.54) is 0 Å². The normalized spacial score (nSPS) is 23.1. The zero-order valence-electron chi connectivity index (χ0n) is 24.7. The molecule has 2 aliphatic heterocycles. The average molecular weight is 585 g/mol. The SMILES string of the molecule is COc1ccc(C(OC[C@@]23CO[C@@H]([C@H](n4ccnc4/N=C\N(C)C)O2)[C@@H]3O)(c2ccccc2)c2ccc(OC)cc2)cc1. The Labute approximate surface area is 251 Å². The first-order valence-corrected chi connectivity index (χ1v) is 14.1. The van der Waals surface area contributed by atoms with Gasteiger partial charge in [-0.3, -0.25) is 4.57 Å². The molecular weight excluding hydrogens is 548 g/mol. The molecule has 2 saturated heterocycles. The van der Waals surface area contributed by atoms with Crippen molar-refractivity contribution < 1.29 is 28.8 Å². The van der Waals surface area contributed by atoms with Crippen molar-refractivity contribution in [2.75, 3.05) is 41.5 Å². The van der Waals surface area contributed by atoms with E-state index in [-0.39, 0.29) is 13.2 Å². The molecule has 0 aliphatic carbocycles. The van der Waals surface area contributed by atoms with Crippen molar-refractivity contribution in [1.29, 1.82) is 0 Å². The summed E-state index contributed by atoms with van der Waals surface area (Å²) in [6, 6.07) is 25.7. The van der Waals surface area contributed by atoms with Gasteiger partial charge in [0, 0.05) is 26.5 Å². The van der Waals surface area contributed by atoms with Gasteiger partial charge in [0.1, 0.15) is 34.9 Å². The maximum atomic E-state index is 11.6. The molecule has 0 radical (unpaired) electrons. The van der Waals surface area contributed by atoms with E-state index in [0.717, 1.165) is 28.2 Å². The van der Waals surface area contributed by atoms with Gasteiger partial charge in [0.2, 0.25) is 5.95 Å². The number of fused-ring (bicyclic) bond motifs is 2. The number of ether oxygens (including phenoxy) is 5. The Morgan fingerprint density at radius 1 is 0.977 bits per heavy atom. The van der Waals surface area contributed by atoms with Gasteiger partial charge in [-0.15, -0.1) is 0 Å². The molecule has 0 unspecified atom stereocenters. The van der Waals surface area contributed by atoms with E-state index >= 15 is 0 Å². The Morgan fingerprint density at radius 2 is 1.58 bits per heavy atom. The summed E-state index contributed by atoms with van der Waals surface area (Å²) in [6.07, 6.45) is 2.92. The molecule has 10 heteroatoms. The summed E-state index contributed by atoms with van der Waals surface area (Å²) in [5.41, 5.74) is 0.493. The Bertz CT molecular complexity index is 1490. The van der Waals surface area contributed by atoms with Crippen LogP contribution in [0.2, 0.25) is 0 Å². The third kappa shape index (κ3) is 5.16. The molecule has 224 valence electrons. The molecule has 1 aromatic heterocycles. The average Bonchev–Trinajstić information content (AvgIpc) is 3.72. The predicted octanol–water partition coefficient (Wildman–Crippen LogP) is 4.16. The van der Waals surface area contributed by atoms with Crippen molar-refractivity contribution in [3.8, 4) is 11.5 Å². The van der Waals surface area contributed by atoms with Gasteiger partial charge in [0.25, 0.3) is 0 Å². The highest BCUT2D eigenvalue weighted by Gasteiger charge is 2.63. The fourth-order valence-corrected chi connectivity index (χ4v) is 5.81. The molecule has 2 aliphatic rings. The number of aliphatic imine (C=N–C) groups is 1. The fourth-order valence-electron chi connectivity index (χ4n) is 5.81. The third-order valence-corrected chi connectivity index (χ3v) is 8.04. The minimum Gasteiger partial charge on any atom is -0.497 e. The molecule has 3 aromatic carbocycles. The van der Waals surface area contributed by atoms with Gasteiger partial charge >= 0.3 is 0 Å². The van der Waals surface area contributed by atoms with Crippen LogP contribution in [0.4, 0.5) is 5.95 Å². The van der Waals surface area contributed by atoms with E-state index in [4.69, 9.17) is 23.7 Å². The van der Waals surface area contributed by atoms with Crippen LogP contribution in [0.15, 0.2) is 96.2 Å². The molecule has 10 nitrogen and oxygen atoms in total. The summed E-state index contributed by atoms with van der Waals surface area (Å²) in [5, 5.41) is 11.6. The van der Waals surface area contributed by atoms with Crippen molar-refractivity contribution in [2.45, 2.75) is 29.6 Å². The van der Waals surface area contributed by atoms with Gasteiger partial charge in [-0.25, -0.2) is 9.98 Å². The number of rotatable bonds is 11. The molecule has 0 spiro atoms. The monoisotopic (exact) mass is 584 g/mol. The molecule has 3 heterocycles. The summed E-state index contributed by atoms with van der Waals surface area (Å²) in [7, 11) is 7.05. The number of nitrogens with zero attached hydrogens (tertiary/aromatic N) is 4. The highest BCUT2D eigenvalue weighted by atomic mass is 16.7. The number of aliphatic hydroxyl groups is 1. The first-order chi connectivity index (χ1) is 20.9. The lowest BCUT2D eigenvalue weighted by Gasteiger charge is -2.39. The minimum absolute atomic E-state index is 0.0408. The fraction of sp³-hybridized carbons (Fsp3) is 0.333. The van der Waals surface area contributed by atoms with E-state index in [2.05, 4.69) is 9.98 Å². The number of aliphatic hydroxyl groups excluding tert-OH is 1. The van der Waals surface area contributed by atoms with Gasteiger partial charge < -0.3 is 33.7 Å². The molecule has 2 fully saturated rings. The van der Waals surface area contributed by atoms with Crippen LogP contribution in [0.5, 0.6) is 11.5 Å². The van der Waals surface area contributed by atoms with Crippen molar-refractivity contribution in [3.05, 3.63) is 108 Å². The highest BCUT2D eigenvalue weighted by Crippen LogP contribution is 2.49. The van der Waals surface area contributed by atoms with E-state index in [0.29, 0.717) is 5.95 Å². The summed E-state index contributed by atoms with van der Waals surface area (Å²) >= 11 is 0. The van der Waals surface area contributed by atoms with Crippen LogP contribution in [0, 0.1) is 0 Å². The highest BCUT2D eigenvalue weighted by molar-refractivity contribution is 5.58. The molecule has 4 atom stereocenters. The molecule has 1 N–H and O–H groups in total. The molecule has 0 amide bonds. The summed E-state index contributed by atoms with van der Waals surface area (Å²) in [6.45, 7) is 0.218. The molecular formula is C33H36N4O6. The lowest BCUT2D eigenvalue weighted by molar-refractivity contribution is -0.202. The second-order valence-corrected chi connectivity index (χ2v) is 10.9. The van der Waals surface area contributed by atoms with E-state index in [1.54, 1.807) is 37.5 Å². The van der Waals surface area contributed by atoms with Gasteiger partial charge in [0.05, 0.1) is 33.8 Å². The van der Waals surface area contributed by atoms with E-state index in [1.807, 2.05) is 97.9 Å². The smallest absolute Gasteiger partial charge is 0.233 e. The van der Waals surface area contributed by atoms with Gasteiger partial charge in [0.15, 0.2) is 6.23 Å². The third-order valence-electron chi connectivity index (χ3n) is 8.04. The van der Waals surface area contributed by atoms with Gasteiger partial charge in [-0.1, -0.05) is 54.6 Å².